The zero-order chi connectivity index (χ0) is 17.0. The first-order valence-corrected chi connectivity index (χ1v) is 7.83. The van der Waals surface area contributed by atoms with E-state index in [1.165, 1.54) is 0 Å². The average Bonchev–Trinajstić information content (AvgIpc) is 2.54. The highest BCUT2D eigenvalue weighted by molar-refractivity contribution is 6.09. The molecule has 1 amide bonds. The molecule has 1 unspecified atom stereocenters. The smallest absolute Gasteiger partial charge is 0.223 e. The summed E-state index contributed by atoms with van der Waals surface area (Å²) in [6.45, 7) is 2.78. The van der Waals surface area contributed by atoms with E-state index in [1.807, 2.05) is 0 Å². The molecule has 0 spiro atoms. The molecule has 1 aromatic carbocycles. The van der Waals surface area contributed by atoms with Gasteiger partial charge in [0.05, 0.1) is 6.10 Å². The molecule has 0 bridgehead atoms. The second kappa shape index (κ2) is 7.37. The van der Waals surface area contributed by atoms with Gasteiger partial charge in [0.25, 0.3) is 0 Å². The molecule has 23 heavy (non-hydrogen) atoms. The van der Waals surface area contributed by atoms with Crippen molar-refractivity contribution in [3.63, 3.8) is 0 Å². The van der Waals surface area contributed by atoms with Gasteiger partial charge in [-0.3, -0.25) is 15.0 Å². The molecule has 0 aromatic heterocycles. The summed E-state index contributed by atoms with van der Waals surface area (Å²) in [5.74, 6) is -0.883. The number of Topliss-reactive ketones (excluding diaryl/α,β-unsaturated/α-hetero) is 1. The highest BCUT2D eigenvalue weighted by atomic mass is 16.3. The number of aliphatic hydroxyl groups is 1. The number of carbonyl (C=O) groups is 2. The largest absolute Gasteiger partial charge is 0.393 e. The summed E-state index contributed by atoms with van der Waals surface area (Å²) in [6, 6.07) is 6.72. The first kappa shape index (κ1) is 17.1. The Labute approximate surface area is 135 Å². The lowest BCUT2D eigenvalue weighted by Crippen LogP contribution is -2.41. The average molecular weight is 317 g/mol. The highest BCUT2D eigenvalue weighted by Crippen LogP contribution is 2.19. The van der Waals surface area contributed by atoms with E-state index in [2.05, 4.69) is 0 Å². The van der Waals surface area contributed by atoms with Crippen LogP contribution in [-0.4, -0.2) is 46.7 Å². The summed E-state index contributed by atoms with van der Waals surface area (Å²) in [5.41, 5.74) is 6.30. The zero-order valence-electron chi connectivity index (χ0n) is 13.3. The number of aliphatic hydroxyl groups excluding tert-OH is 1. The first-order chi connectivity index (χ1) is 10.9. The normalized spacial score (nSPS) is 16.9. The summed E-state index contributed by atoms with van der Waals surface area (Å²) < 4.78 is 0. The minimum atomic E-state index is -0.477. The van der Waals surface area contributed by atoms with Gasteiger partial charge in [0, 0.05) is 36.6 Å². The van der Waals surface area contributed by atoms with Gasteiger partial charge in [0.15, 0.2) is 5.78 Å². The maximum Gasteiger partial charge on any atom is 0.223 e. The van der Waals surface area contributed by atoms with E-state index in [9.17, 15) is 14.7 Å². The number of nitrogens with zero attached hydrogens (tertiary/aromatic N) is 1. The number of benzene rings is 1. The number of nitrogens with two attached hydrogens (primary N) is 1. The van der Waals surface area contributed by atoms with Crippen LogP contribution in [0.1, 0.15) is 42.1 Å². The molecule has 1 heterocycles. The van der Waals surface area contributed by atoms with Gasteiger partial charge in [-0.2, -0.15) is 0 Å². The molecule has 6 heteroatoms. The Bertz CT molecular complexity index is 607. The maximum atomic E-state index is 12.6. The van der Waals surface area contributed by atoms with Crippen LogP contribution < -0.4 is 5.73 Å². The van der Waals surface area contributed by atoms with Crippen molar-refractivity contribution in [3.05, 3.63) is 35.4 Å². The quantitative estimate of drug-likeness (QED) is 0.430. The van der Waals surface area contributed by atoms with E-state index in [4.69, 9.17) is 11.1 Å². The Hall–Kier alpha value is -2.21. The predicted molar refractivity (Wildman–Crippen MR) is 87.4 cm³/mol. The van der Waals surface area contributed by atoms with Crippen LogP contribution in [0.3, 0.4) is 0 Å². The third kappa shape index (κ3) is 4.16. The van der Waals surface area contributed by atoms with Crippen LogP contribution in [0.4, 0.5) is 0 Å². The number of carbonyl (C=O) groups excluding carboxylic acids is 2. The Balaban J connectivity index is 2.03. The number of hydrogen-bond donors (Lipinski definition) is 3. The third-order valence-electron chi connectivity index (χ3n) is 4.23. The number of rotatable bonds is 5. The van der Waals surface area contributed by atoms with Crippen LogP contribution >= 0.6 is 0 Å². The molecule has 2 rings (SSSR count). The topological polar surface area (TPSA) is 107 Å². The second-order valence-corrected chi connectivity index (χ2v) is 6.04. The fourth-order valence-electron chi connectivity index (χ4n) is 2.80. The molecule has 1 aromatic rings. The lowest BCUT2D eigenvalue weighted by molar-refractivity contribution is -0.133. The fraction of sp³-hybridized carbons (Fsp3) is 0.471. The molecule has 1 saturated heterocycles. The Morgan fingerprint density at radius 1 is 1.30 bits per heavy atom. The van der Waals surface area contributed by atoms with Crippen molar-refractivity contribution in [1.82, 2.24) is 4.90 Å². The van der Waals surface area contributed by atoms with Crippen molar-refractivity contribution in [1.29, 1.82) is 5.41 Å². The van der Waals surface area contributed by atoms with Gasteiger partial charge >= 0.3 is 0 Å². The van der Waals surface area contributed by atoms with E-state index >= 15 is 0 Å². The SMILES string of the molecule is CC(CC(=O)N1CCC(O)CC1)C(=O)c1ccccc1C(=N)N. The summed E-state index contributed by atoms with van der Waals surface area (Å²) in [5, 5.41) is 17.0. The maximum absolute atomic E-state index is 12.6. The number of nitrogen functional groups attached to an aromatic ring is 1. The number of nitrogens with one attached hydrogen (secondary N) is 1. The van der Waals surface area contributed by atoms with Crippen LogP contribution in [0.5, 0.6) is 0 Å². The Kier molecular flexibility index (Phi) is 5.50. The number of hydrogen-bond acceptors (Lipinski definition) is 4. The third-order valence-corrected chi connectivity index (χ3v) is 4.23. The van der Waals surface area contributed by atoms with Gasteiger partial charge in [-0.15, -0.1) is 0 Å². The van der Waals surface area contributed by atoms with E-state index in [1.54, 1.807) is 36.1 Å². The fourth-order valence-corrected chi connectivity index (χ4v) is 2.80. The summed E-state index contributed by atoms with van der Waals surface area (Å²) in [7, 11) is 0. The molecule has 1 atom stereocenters. The molecule has 1 aliphatic heterocycles. The van der Waals surface area contributed by atoms with Gasteiger partial charge in [-0.05, 0) is 12.8 Å². The number of likely N-dealkylation sites (tertiary alicyclic amines) is 1. The van der Waals surface area contributed by atoms with E-state index in [-0.39, 0.29) is 30.1 Å². The first-order valence-electron chi connectivity index (χ1n) is 7.83. The molecule has 0 saturated carbocycles. The van der Waals surface area contributed by atoms with Crippen LogP contribution in [0, 0.1) is 11.3 Å². The van der Waals surface area contributed by atoms with Crippen molar-refractivity contribution in [3.8, 4) is 0 Å². The van der Waals surface area contributed by atoms with Gasteiger partial charge in [0.2, 0.25) is 5.91 Å². The highest BCUT2D eigenvalue weighted by Gasteiger charge is 2.26. The standard InChI is InChI=1S/C17H23N3O3/c1-11(10-15(22)20-8-6-12(21)7-9-20)16(23)13-4-2-3-5-14(13)17(18)19/h2-5,11-12,21H,6-10H2,1H3,(H3,18,19). The van der Waals surface area contributed by atoms with Crippen LogP contribution in [0.2, 0.25) is 0 Å². The van der Waals surface area contributed by atoms with Crippen molar-refractivity contribution in [2.75, 3.05) is 13.1 Å². The van der Waals surface area contributed by atoms with Gasteiger partial charge in [-0.1, -0.05) is 31.2 Å². The Morgan fingerprint density at radius 2 is 1.87 bits per heavy atom. The Morgan fingerprint density at radius 3 is 2.43 bits per heavy atom. The van der Waals surface area contributed by atoms with Crippen molar-refractivity contribution in [2.45, 2.75) is 32.3 Å². The minimum absolute atomic E-state index is 0.0712. The molecule has 1 fully saturated rings. The van der Waals surface area contributed by atoms with Gasteiger partial charge in [-0.25, -0.2) is 0 Å². The van der Waals surface area contributed by atoms with Gasteiger partial charge < -0.3 is 15.7 Å². The summed E-state index contributed by atoms with van der Waals surface area (Å²) in [4.78, 5) is 26.6. The molecule has 4 N–H and O–H groups in total. The lowest BCUT2D eigenvalue weighted by atomic mass is 9.92. The number of piperidine rings is 1. The minimum Gasteiger partial charge on any atom is -0.393 e. The second-order valence-electron chi connectivity index (χ2n) is 6.04. The van der Waals surface area contributed by atoms with Crippen molar-refractivity contribution >= 4 is 17.5 Å². The summed E-state index contributed by atoms with van der Waals surface area (Å²) >= 11 is 0. The van der Waals surface area contributed by atoms with Crippen molar-refractivity contribution in [2.24, 2.45) is 11.7 Å². The number of amides is 1. The van der Waals surface area contributed by atoms with Crippen LogP contribution in [0.25, 0.3) is 0 Å². The molecule has 0 aliphatic carbocycles. The van der Waals surface area contributed by atoms with Crippen LogP contribution in [0.15, 0.2) is 24.3 Å². The van der Waals surface area contributed by atoms with Crippen molar-refractivity contribution < 1.29 is 14.7 Å². The van der Waals surface area contributed by atoms with Crippen LogP contribution in [-0.2, 0) is 4.79 Å². The number of ketones is 1. The molecule has 124 valence electrons. The predicted octanol–water partition coefficient (Wildman–Crippen LogP) is 1.16. The summed E-state index contributed by atoms with van der Waals surface area (Å²) in [6.07, 6.45) is 0.962. The zero-order valence-corrected chi connectivity index (χ0v) is 13.3. The monoisotopic (exact) mass is 317 g/mol. The molecular weight excluding hydrogens is 294 g/mol. The molecular formula is C17H23N3O3. The lowest BCUT2D eigenvalue weighted by Gasteiger charge is -2.30. The van der Waals surface area contributed by atoms with E-state index < -0.39 is 5.92 Å². The van der Waals surface area contributed by atoms with E-state index in [0.717, 1.165) is 0 Å². The molecule has 1 aliphatic rings. The van der Waals surface area contributed by atoms with E-state index in [0.29, 0.717) is 37.1 Å². The number of amidine groups is 1. The molecule has 6 nitrogen and oxygen atoms in total. The van der Waals surface area contributed by atoms with Gasteiger partial charge in [0.1, 0.15) is 5.84 Å². The molecule has 0 radical (unpaired) electrons.